The number of rotatable bonds is 7. The Bertz CT molecular complexity index is 337. The van der Waals surface area contributed by atoms with Gasteiger partial charge in [-0.2, -0.15) is 5.10 Å². The molecule has 0 aliphatic heterocycles. The molecule has 0 aromatic carbocycles. The molecule has 118 valence electrons. The Kier molecular flexibility index (Phi) is 15.3. The molecule has 0 spiro atoms. The maximum atomic E-state index is 4.67. The molecule has 0 amide bonds. The highest BCUT2D eigenvalue weighted by molar-refractivity contribution is 5.12. The largest absolute Gasteiger partial charge is 0.269 e. The third-order valence-electron chi connectivity index (χ3n) is 2.81. The van der Waals surface area contributed by atoms with E-state index in [0.717, 1.165) is 25.8 Å². The predicted molar refractivity (Wildman–Crippen MR) is 92.3 cm³/mol. The lowest BCUT2D eigenvalue weighted by Crippen LogP contribution is -2.04. The number of nitrogens with zero attached hydrogens (tertiary/aromatic N) is 2. The van der Waals surface area contributed by atoms with E-state index < -0.39 is 0 Å². The topological polar surface area (TPSA) is 17.8 Å². The maximum absolute atomic E-state index is 4.67. The van der Waals surface area contributed by atoms with Gasteiger partial charge in [0.1, 0.15) is 0 Å². The molecular formula is C18H36N2. The summed E-state index contributed by atoms with van der Waals surface area (Å²) in [4.78, 5) is 0. The van der Waals surface area contributed by atoms with Crippen LogP contribution in [0.2, 0.25) is 0 Å². The van der Waals surface area contributed by atoms with Crippen molar-refractivity contribution in [3.05, 3.63) is 29.6 Å². The Morgan fingerprint density at radius 1 is 1.20 bits per heavy atom. The molecule has 1 aromatic rings. The highest BCUT2D eigenvalue weighted by Crippen LogP contribution is 2.11. The first-order chi connectivity index (χ1) is 9.67. The van der Waals surface area contributed by atoms with Crippen molar-refractivity contribution in [2.75, 3.05) is 0 Å². The van der Waals surface area contributed by atoms with E-state index in [0.29, 0.717) is 0 Å². The molecule has 0 saturated heterocycles. The molecule has 0 aliphatic carbocycles. The molecular weight excluding hydrogens is 244 g/mol. The maximum Gasteiger partial charge on any atom is 0.0630 e. The van der Waals surface area contributed by atoms with E-state index in [2.05, 4.69) is 43.2 Å². The summed E-state index contributed by atoms with van der Waals surface area (Å²) in [6.07, 6.45) is 5.60. The second-order valence-corrected chi connectivity index (χ2v) is 4.51. The summed E-state index contributed by atoms with van der Waals surface area (Å²) < 4.78 is 2.18. The van der Waals surface area contributed by atoms with Gasteiger partial charge in [0.2, 0.25) is 0 Å². The molecule has 2 heteroatoms. The number of unbranched alkanes of at least 4 members (excludes halogenated alkanes) is 1. The Morgan fingerprint density at radius 3 is 2.25 bits per heavy atom. The van der Waals surface area contributed by atoms with Gasteiger partial charge in [0.25, 0.3) is 0 Å². The zero-order chi connectivity index (χ0) is 16.0. The van der Waals surface area contributed by atoms with Crippen molar-refractivity contribution in [1.29, 1.82) is 0 Å². The van der Waals surface area contributed by atoms with Gasteiger partial charge >= 0.3 is 0 Å². The van der Waals surface area contributed by atoms with Gasteiger partial charge in [0, 0.05) is 12.2 Å². The van der Waals surface area contributed by atoms with E-state index in [4.69, 9.17) is 0 Å². The van der Waals surface area contributed by atoms with Gasteiger partial charge in [0.05, 0.1) is 5.69 Å². The fourth-order valence-electron chi connectivity index (χ4n) is 1.76. The minimum absolute atomic E-state index is 1.03. The van der Waals surface area contributed by atoms with Crippen LogP contribution in [-0.4, -0.2) is 9.78 Å². The molecule has 1 rings (SSSR count). The van der Waals surface area contributed by atoms with Crippen molar-refractivity contribution < 1.29 is 0 Å². The van der Waals surface area contributed by atoms with E-state index in [-0.39, 0.29) is 0 Å². The van der Waals surface area contributed by atoms with Gasteiger partial charge in [-0.3, -0.25) is 4.68 Å². The van der Waals surface area contributed by atoms with Crippen molar-refractivity contribution in [1.82, 2.24) is 9.78 Å². The van der Waals surface area contributed by atoms with Crippen LogP contribution in [0.1, 0.15) is 79.1 Å². The normalized spacial score (nSPS) is 9.15. The zero-order valence-electron chi connectivity index (χ0n) is 14.9. The molecule has 0 unspecified atom stereocenters. The summed E-state index contributed by atoms with van der Waals surface area (Å²) in [7, 11) is 0. The van der Waals surface area contributed by atoms with Crippen LogP contribution in [-0.2, 0) is 19.4 Å². The third-order valence-corrected chi connectivity index (χ3v) is 2.81. The summed E-state index contributed by atoms with van der Waals surface area (Å²) in [5.74, 6) is 0. The van der Waals surface area contributed by atoms with Gasteiger partial charge in [0.15, 0.2) is 0 Å². The van der Waals surface area contributed by atoms with Gasteiger partial charge in [-0.05, 0) is 38.7 Å². The van der Waals surface area contributed by atoms with Crippen LogP contribution < -0.4 is 0 Å². The SMILES string of the molecule is C=C(C)CCc1cc(CC)n(CCCC)n1.CC.CC. The molecule has 0 saturated carbocycles. The van der Waals surface area contributed by atoms with Crippen molar-refractivity contribution in [2.45, 2.75) is 87.1 Å². The van der Waals surface area contributed by atoms with Crippen molar-refractivity contribution in [3.63, 3.8) is 0 Å². The second-order valence-electron chi connectivity index (χ2n) is 4.51. The molecule has 0 N–H and O–H groups in total. The molecule has 0 radical (unpaired) electrons. The first kappa shape index (κ1) is 21.3. The summed E-state index contributed by atoms with van der Waals surface area (Å²) in [5.41, 5.74) is 3.82. The Hall–Kier alpha value is -1.05. The first-order valence-electron chi connectivity index (χ1n) is 8.37. The molecule has 0 aliphatic rings. The smallest absolute Gasteiger partial charge is 0.0630 e. The first-order valence-corrected chi connectivity index (χ1v) is 8.37. The standard InChI is InChI=1S/C14H24N2.2C2H6/c1-5-7-10-16-14(6-2)11-13(15-16)9-8-12(3)4;2*1-2/h11H,3,5-10H2,1-2,4H3;2*1-2H3. The summed E-state index contributed by atoms with van der Waals surface area (Å²) in [6.45, 7) is 19.5. The lowest BCUT2D eigenvalue weighted by Gasteiger charge is -2.03. The van der Waals surface area contributed by atoms with Gasteiger partial charge in [-0.25, -0.2) is 0 Å². The number of hydrogen-bond acceptors (Lipinski definition) is 1. The fourth-order valence-corrected chi connectivity index (χ4v) is 1.76. The molecule has 2 nitrogen and oxygen atoms in total. The predicted octanol–water partition coefficient (Wildman–Crippen LogP) is 5.81. The van der Waals surface area contributed by atoms with Gasteiger partial charge in [-0.15, -0.1) is 6.58 Å². The average Bonchev–Trinajstić information content (AvgIpc) is 2.89. The lowest BCUT2D eigenvalue weighted by atomic mass is 10.1. The van der Waals surface area contributed by atoms with Gasteiger partial charge in [-0.1, -0.05) is 53.5 Å². The Balaban J connectivity index is 0. The molecule has 1 aromatic heterocycles. The Labute approximate surface area is 127 Å². The number of allylic oxidation sites excluding steroid dienone is 1. The highest BCUT2D eigenvalue weighted by atomic mass is 15.3. The van der Waals surface area contributed by atoms with Crippen LogP contribution in [0, 0.1) is 0 Å². The number of hydrogen-bond donors (Lipinski definition) is 0. The fraction of sp³-hybridized carbons (Fsp3) is 0.722. The molecule has 1 heterocycles. The highest BCUT2D eigenvalue weighted by Gasteiger charge is 2.05. The van der Waals surface area contributed by atoms with E-state index >= 15 is 0 Å². The number of aryl methyl sites for hydroxylation is 3. The van der Waals surface area contributed by atoms with Crippen molar-refractivity contribution >= 4 is 0 Å². The summed E-state index contributed by atoms with van der Waals surface area (Å²) in [5, 5.41) is 4.67. The minimum atomic E-state index is 1.03. The summed E-state index contributed by atoms with van der Waals surface area (Å²) >= 11 is 0. The molecule has 0 atom stereocenters. The lowest BCUT2D eigenvalue weighted by molar-refractivity contribution is 0.545. The second kappa shape index (κ2) is 14.4. The van der Waals surface area contributed by atoms with E-state index in [1.54, 1.807) is 0 Å². The summed E-state index contributed by atoms with van der Waals surface area (Å²) in [6, 6.07) is 2.25. The van der Waals surface area contributed by atoms with Crippen LogP contribution >= 0.6 is 0 Å². The van der Waals surface area contributed by atoms with Crippen LogP contribution in [0.15, 0.2) is 18.2 Å². The van der Waals surface area contributed by atoms with Crippen LogP contribution in [0.25, 0.3) is 0 Å². The van der Waals surface area contributed by atoms with Crippen LogP contribution in [0.4, 0.5) is 0 Å². The zero-order valence-corrected chi connectivity index (χ0v) is 14.9. The quantitative estimate of drug-likeness (QED) is 0.576. The van der Waals surface area contributed by atoms with E-state index in [1.165, 1.54) is 29.8 Å². The number of aromatic nitrogens is 2. The Morgan fingerprint density at radius 2 is 1.80 bits per heavy atom. The van der Waals surface area contributed by atoms with Crippen molar-refractivity contribution in [2.24, 2.45) is 0 Å². The van der Waals surface area contributed by atoms with E-state index in [9.17, 15) is 0 Å². The van der Waals surface area contributed by atoms with E-state index in [1.807, 2.05) is 27.7 Å². The van der Waals surface area contributed by atoms with Gasteiger partial charge < -0.3 is 0 Å². The average molecular weight is 280 g/mol. The monoisotopic (exact) mass is 280 g/mol. The molecule has 20 heavy (non-hydrogen) atoms. The molecule has 0 bridgehead atoms. The minimum Gasteiger partial charge on any atom is -0.269 e. The van der Waals surface area contributed by atoms with Crippen LogP contribution in [0.3, 0.4) is 0 Å². The third kappa shape index (κ3) is 8.95. The van der Waals surface area contributed by atoms with Crippen molar-refractivity contribution in [3.8, 4) is 0 Å². The molecule has 0 fully saturated rings. The van der Waals surface area contributed by atoms with Crippen LogP contribution in [0.5, 0.6) is 0 Å².